The fourth-order valence-electron chi connectivity index (χ4n) is 1.64. The zero-order chi connectivity index (χ0) is 9.42. The van der Waals surface area contributed by atoms with E-state index in [1.807, 2.05) is 6.07 Å². The molecule has 0 saturated heterocycles. The highest BCUT2D eigenvalue weighted by Crippen LogP contribution is 2.29. The maximum atomic E-state index is 11.2. The SMILES string of the molecule is O=C1CCc2cc(Cl)cc(Cl)c2C1. The van der Waals surface area contributed by atoms with Gasteiger partial charge in [-0.15, -0.1) is 0 Å². The van der Waals surface area contributed by atoms with Crippen molar-refractivity contribution < 1.29 is 4.79 Å². The van der Waals surface area contributed by atoms with Crippen LogP contribution in [0.15, 0.2) is 12.1 Å². The molecular weight excluding hydrogens is 207 g/mol. The normalized spacial score (nSPS) is 15.7. The molecule has 0 saturated carbocycles. The predicted molar refractivity (Wildman–Crippen MR) is 53.5 cm³/mol. The van der Waals surface area contributed by atoms with Crippen molar-refractivity contribution in [2.24, 2.45) is 0 Å². The van der Waals surface area contributed by atoms with E-state index in [1.165, 1.54) is 0 Å². The van der Waals surface area contributed by atoms with E-state index in [-0.39, 0.29) is 5.78 Å². The average molecular weight is 215 g/mol. The van der Waals surface area contributed by atoms with Crippen molar-refractivity contribution in [2.75, 3.05) is 0 Å². The molecule has 68 valence electrons. The van der Waals surface area contributed by atoms with E-state index in [0.29, 0.717) is 22.9 Å². The van der Waals surface area contributed by atoms with Crippen LogP contribution in [0.1, 0.15) is 17.5 Å². The third-order valence-electron chi connectivity index (χ3n) is 2.30. The topological polar surface area (TPSA) is 17.1 Å². The largest absolute Gasteiger partial charge is 0.299 e. The molecule has 2 rings (SSSR count). The van der Waals surface area contributed by atoms with E-state index in [9.17, 15) is 4.79 Å². The van der Waals surface area contributed by atoms with Gasteiger partial charge in [-0.1, -0.05) is 23.2 Å². The first-order chi connectivity index (χ1) is 6.16. The van der Waals surface area contributed by atoms with Crippen LogP contribution in [0.3, 0.4) is 0 Å². The first-order valence-corrected chi connectivity index (χ1v) is 4.91. The predicted octanol–water partition coefficient (Wildman–Crippen LogP) is 3.05. The molecule has 0 N–H and O–H groups in total. The Kier molecular flexibility index (Phi) is 2.31. The summed E-state index contributed by atoms with van der Waals surface area (Å²) >= 11 is 11.8. The molecule has 0 unspecified atom stereocenters. The van der Waals surface area contributed by atoms with Crippen LogP contribution in [0.25, 0.3) is 0 Å². The van der Waals surface area contributed by atoms with Gasteiger partial charge in [-0.2, -0.15) is 0 Å². The molecule has 1 aromatic rings. The van der Waals surface area contributed by atoms with Crippen molar-refractivity contribution in [3.05, 3.63) is 33.3 Å². The molecule has 0 amide bonds. The van der Waals surface area contributed by atoms with E-state index >= 15 is 0 Å². The van der Waals surface area contributed by atoms with Gasteiger partial charge in [0.15, 0.2) is 0 Å². The highest BCUT2D eigenvalue weighted by molar-refractivity contribution is 6.35. The summed E-state index contributed by atoms with van der Waals surface area (Å²) in [6.07, 6.45) is 1.85. The van der Waals surface area contributed by atoms with Crippen molar-refractivity contribution in [3.63, 3.8) is 0 Å². The Morgan fingerprint density at radius 3 is 2.69 bits per heavy atom. The van der Waals surface area contributed by atoms with Gasteiger partial charge in [0.25, 0.3) is 0 Å². The van der Waals surface area contributed by atoms with Gasteiger partial charge in [0.1, 0.15) is 5.78 Å². The molecule has 1 aliphatic rings. The van der Waals surface area contributed by atoms with E-state index in [0.717, 1.165) is 17.5 Å². The van der Waals surface area contributed by atoms with Gasteiger partial charge < -0.3 is 0 Å². The lowest BCUT2D eigenvalue weighted by Gasteiger charge is -2.16. The van der Waals surface area contributed by atoms with E-state index < -0.39 is 0 Å². The van der Waals surface area contributed by atoms with E-state index in [1.54, 1.807) is 6.07 Å². The summed E-state index contributed by atoms with van der Waals surface area (Å²) in [5.41, 5.74) is 2.08. The summed E-state index contributed by atoms with van der Waals surface area (Å²) in [5, 5.41) is 1.27. The Morgan fingerprint density at radius 1 is 1.15 bits per heavy atom. The Morgan fingerprint density at radius 2 is 1.92 bits per heavy atom. The van der Waals surface area contributed by atoms with Crippen LogP contribution in [0.2, 0.25) is 10.0 Å². The number of fused-ring (bicyclic) bond motifs is 1. The van der Waals surface area contributed by atoms with Crippen LogP contribution in [-0.4, -0.2) is 5.78 Å². The zero-order valence-electron chi connectivity index (χ0n) is 6.94. The molecule has 0 aromatic heterocycles. The number of ketones is 1. The van der Waals surface area contributed by atoms with Crippen molar-refractivity contribution >= 4 is 29.0 Å². The quantitative estimate of drug-likeness (QED) is 0.649. The number of carbonyl (C=O) groups excluding carboxylic acids is 1. The second-order valence-electron chi connectivity index (χ2n) is 3.24. The van der Waals surface area contributed by atoms with Crippen LogP contribution < -0.4 is 0 Å². The fraction of sp³-hybridized carbons (Fsp3) is 0.300. The number of Topliss-reactive ketones (excluding diaryl/α,β-unsaturated/α-hetero) is 1. The van der Waals surface area contributed by atoms with Gasteiger partial charge in [-0.05, 0) is 29.7 Å². The summed E-state index contributed by atoms with van der Waals surface area (Å²) in [4.78, 5) is 11.2. The summed E-state index contributed by atoms with van der Waals surface area (Å²) in [7, 11) is 0. The summed E-state index contributed by atoms with van der Waals surface area (Å²) in [5.74, 6) is 0.261. The minimum atomic E-state index is 0.261. The van der Waals surface area contributed by atoms with Crippen molar-refractivity contribution in [1.29, 1.82) is 0 Å². The molecule has 0 spiro atoms. The maximum Gasteiger partial charge on any atom is 0.137 e. The van der Waals surface area contributed by atoms with Gasteiger partial charge in [0.2, 0.25) is 0 Å². The fourth-order valence-corrected chi connectivity index (χ4v) is 2.24. The van der Waals surface area contributed by atoms with Crippen molar-refractivity contribution in [2.45, 2.75) is 19.3 Å². The number of halogens is 2. The molecule has 0 aliphatic heterocycles. The molecule has 0 fully saturated rings. The monoisotopic (exact) mass is 214 g/mol. The second kappa shape index (κ2) is 3.32. The summed E-state index contributed by atoms with van der Waals surface area (Å²) in [6.45, 7) is 0. The van der Waals surface area contributed by atoms with Gasteiger partial charge >= 0.3 is 0 Å². The molecule has 0 bridgehead atoms. The third-order valence-corrected chi connectivity index (χ3v) is 2.86. The Labute approximate surface area is 86.7 Å². The molecular formula is C10H8Cl2O. The minimum Gasteiger partial charge on any atom is -0.299 e. The van der Waals surface area contributed by atoms with Gasteiger partial charge in [-0.3, -0.25) is 4.79 Å². The number of benzene rings is 1. The van der Waals surface area contributed by atoms with Gasteiger partial charge in [-0.25, -0.2) is 0 Å². The summed E-state index contributed by atoms with van der Waals surface area (Å²) < 4.78 is 0. The number of carbonyl (C=O) groups is 1. The molecule has 1 aromatic carbocycles. The number of hydrogen-bond acceptors (Lipinski definition) is 1. The van der Waals surface area contributed by atoms with Gasteiger partial charge in [0, 0.05) is 22.9 Å². The van der Waals surface area contributed by atoms with Crippen molar-refractivity contribution in [3.8, 4) is 0 Å². The number of aryl methyl sites for hydroxylation is 1. The molecule has 13 heavy (non-hydrogen) atoms. The van der Waals surface area contributed by atoms with E-state index in [2.05, 4.69) is 0 Å². The first-order valence-electron chi connectivity index (χ1n) is 4.15. The smallest absolute Gasteiger partial charge is 0.137 e. The summed E-state index contributed by atoms with van der Waals surface area (Å²) in [6, 6.07) is 3.59. The van der Waals surface area contributed by atoms with Crippen molar-refractivity contribution in [1.82, 2.24) is 0 Å². The van der Waals surface area contributed by atoms with E-state index in [4.69, 9.17) is 23.2 Å². The van der Waals surface area contributed by atoms with Crippen LogP contribution in [0.4, 0.5) is 0 Å². The third kappa shape index (κ3) is 1.72. The molecule has 1 aliphatic carbocycles. The highest BCUT2D eigenvalue weighted by atomic mass is 35.5. The average Bonchev–Trinajstić information content (AvgIpc) is 2.06. The second-order valence-corrected chi connectivity index (χ2v) is 4.08. The lowest BCUT2D eigenvalue weighted by Crippen LogP contribution is -2.13. The van der Waals surface area contributed by atoms with Crippen LogP contribution in [-0.2, 0) is 17.6 Å². The highest BCUT2D eigenvalue weighted by Gasteiger charge is 2.18. The zero-order valence-corrected chi connectivity index (χ0v) is 8.45. The lowest BCUT2D eigenvalue weighted by molar-refractivity contribution is -0.118. The lowest BCUT2D eigenvalue weighted by atomic mass is 9.91. The maximum absolute atomic E-state index is 11.2. The first kappa shape index (κ1) is 9.04. The molecule has 0 radical (unpaired) electrons. The molecule has 0 heterocycles. The van der Waals surface area contributed by atoms with Crippen LogP contribution >= 0.6 is 23.2 Å². The van der Waals surface area contributed by atoms with Crippen LogP contribution in [0.5, 0.6) is 0 Å². The van der Waals surface area contributed by atoms with Gasteiger partial charge in [0.05, 0.1) is 0 Å². The number of hydrogen-bond donors (Lipinski definition) is 0. The minimum absolute atomic E-state index is 0.261. The Bertz CT molecular complexity index is 371. The van der Waals surface area contributed by atoms with Crippen LogP contribution in [0, 0.1) is 0 Å². The Balaban J connectivity index is 2.53. The molecule has 0 atom stereocenters. The molecule has 1 nitrogen and oxygen atoms in total. The number of rotatable bonds is 0. The standard InChI is InChI=1S/C10H8Cl2O/c11-7-3-6-1-2-8(13)5-9(6)10(12)4-7/h3-4H,1-2,5H2. The Hall–Kier alpha value is -0.530. The molecule has 3 heteroatoms.